The molecule has 1 aliphatic heterocycles. The third kappa shape index (κ3) is 6.07. The Morgan fingerprint density at radius 2 is 1.82 bits per heavy atom. The van der Waals surface area contributed by atoms with Crippen LogP contribution in [0.25, 0.3) is 16.9 Å². The third-order valence-electron chi connectivity index (χ3n) is 6.31. The quantitative estimate of drug-likeness (QED) is 0.348. The monoisotopic (exact) mass is 516 g/mol. The third-order valence-corrected chi connectivity index (χ3v) is 6.31. The molecule has 38 heavy (non-hydrogen) atoms. The standard InChI is InChI=1S/C30H36N4O4/c1-18(2)14-15-37-25-13-12-22(16-20(25)5)27-24(17-34(33-27)23-10-8-7-9-11-23)28-26(29(35)38-19(3)4)21(6)31-30(36)32-28/h7-13,16-19,28H,14-15H2,1-6H3,(H2,31,32,36)/t28-/m0/s1. The van der Waals surface area contributed by atoms with Gasteiger partial charge in [0.25, 0.3) is 0 Å². The molecular weight excluding hydrogens is 480 g/mol. The molecule has 8 heteroatoms. The van der Waals surface area contributed by atoms with Crippen molar-refractivity contribution < 1.29 is 19.1 Å². The van der Waals surface area contributed by atoms with E-state index in [-0.39, 0.29) is 6.10 Å². The van der Waals surface area contributed by atoms with Crippen LogP contribution in [0.15, 0.2) is 66.0 Å². The maximum Gasteiger partial charge on any atom is 0.338 e. The van der Waals surface area contributed by atoms with Crippen molar-refractivity contribution in [2.24, 2.45) is 5.92 Å². The van der Waals surface area contributed by atoms with Gasteiger partial charge in [-0.1, -0.05) is 32.0 Å². The van der Waals surface area contributed by atoms with Crippen molar-refractivity contribution >= 4 is 12.0 Å². The fourth-order valence-electron chi connectivity index (χ4n) is 4.37. The second kappa shape index (κ2) is 11.5. The van der Waals surface area contributed by atoms with Crippen LogP contribution in [-0.4, -0.2) is 34.5 Å². The number of carbonyl (C=O) groups excluding carboxylic acids is 2. The van der Waals surface area contributed by atoms with Crippen molar-refractivity contribution in [2.75, 3.05) is 6.61 Å². The molecule has 200 valence electrons. The lowest BCUT2D eigenvalue weighted by Crippen LogP contribution is -2.45. The molecule has 0 spiro atoms. The zero-order valence-electron chi connectivity index (χ0n) is 22.9. The molecule has 2 N–H and O–H groups in total. The van der Waals surface area contributed by atoms with Crippen molar-refractivity contribution in [2.45, 2.75) is 60.1 Å². The summed E-state index contributed by atoms with van der Waals surface area (Å²) in [7, 11) is 0. The zero-order chi connectivity index (χ0) is 27.4. The number of nitrogens with one attached hydrogen (secondary N) is 2. The Labute approximate surface area is 224 Å². The predicted molar refractivity (Wildman–Crippen MR) is 147 cm³/mol. The van der Waals surface area contributed by atoms with E-state index in [0.717, 1.165) is 29.0 Å². The Morgan fingerprint density at radius 1 is 1.08 bits per heavy atom. The molecule has 0 fully saturated rings. The zero-order valence-corrected chi connectivity index (χ0v) is 22.9. The molecule has 4 rings (SSSR count). The molecule has 3 aromatic rings. The number of benzene rings is 2. The highest BCUT2D eigenvalue weighted by molar-refractivity contribution is 5.95. The number of amides is 2. The Morgan fingerprint density at radius 3 is 2.47 bits per heavy atom. The fourth-order valence-corrected chi connectivity index (χ4v) is 4.37. The van der Waals surface area contributed by atoms with Gasteiger partial charge in [0.2, 0.25) is 0 Å². The Bertz CT molecular complexity index is 1340. The molecule has 8 nitrogen and oxygen atoms in total. The summed E-state index contributed by atoms with van der Waals surface area (Å²) >= 11 is 0. The number of esters is 1. The first kappa shape index (κ1) is 27.0. The summed E-state index contributed by atoms with van der Waals surface area (Å²) < 4.78 is 13.3. The number of aromatic nitrogens is 2. The number of para-hydroxylation sites is 1. The smallest absolute Gasteiger partial charge is 0.338 e. The number of aryl methyl sites for hydroxylation is 1. The lowest BCUT2D eigenvalue weighted by Gasteiger charge is -2.28. The van der Waals surface area contributed by atoms with Crippen LogP contribution >= 0.6 is 0 Å². The first-order valence-electron chi connectivity index (χ1n) is 13.0. The summed E-state index contributed by atoms with van der Waals surface area (Å²) in [6.07, 6.45) is 2.53. The van der Waals surface area contributed by atoms with E-state index in [1.165, 1.54) is 0 Å². The summed E-state index contributed by atoms with van der Waals surface area (Å²) in [5, 5.41) is 10.5. The van der Waals surface area contributed by atoms with Gasteiger partial charge in [0.1, 0.15) is 5.75 Å². The number of ether oxygens (including phenoxy) is 2. The van der Waals surface area contributed by atoms with Gasteiger partial charge in [-0.3, -0.25) is 0 Å². The van der Waals surface area contributed by atoms with Crippen LogP contribution in [0.2, 0.25) is 0 Å². The van der Waals surface area contributed by atoms with Crippen LogP contribution in [0.4, 0.5) is 4.79 Å². The van der Waals surface area contributed by atoms with Crippen LogP contribution in [-0.2, 0) is 9.53 Å². The lowest BCUT2D eigenvalue weighted by molar-refractivity contribution is -0.143. The van der Waals surface area contributed by atoms with Gasteiger partial charge in [-0.15, -0.1) is 0 Å². The van der Waals surface area contributed by atoms with E-state index >= 15 is 0 Å². The Balaban J connectivity index is 1.81. The average molecular weight is 517 g/mol. The van der Waals surface area contributed by atoms with Crippen LogP contribution in [0.3, 0.4) is 0 Å². The molecule has 0 unspecified atom stereocenters. The highest BCUT2D eigenvalue weighted by Crippen LogP contribution is 2.36. The van der Waals surface area contributed by atoms with Gasteiger partial charge in [-0.2, -0.15) is 5.10 Å². The number of urea groups is 1. The van der Waals surface area contributed by atoms with Gasteiger partial charge in [0.05, 0.1) is 35.7 Å². The van der Waals surface area contributed by atoms with E-state index < -0.39 is 18.0 Å². The van der Waals surface area contributed by atoms with Crippen molar-refractivity contribution in [1.82, 2.24) is 20.4 Å². The van der Waals surface area contributed by atoms with E-state index in [9.17, 15) is 9.59 Å². The largest absolute Gasteiger partial charge is 0.493 e. The maximum absolute atomic E-state index is 13.2. The number of nitrogens with zero attached hydrogens (tertiary/aromatic N) is 2. The molecule has 1 aromatic heterocycles. The van der Waals surface area contributed by atoms with Crippen molar-refractivity contribution in [3.8, 4) is 22.7 Å². The van der Waals surface area contributed by atoms with Gasteiger partial charge in [-0.25, -0.2) is 14.3 Å². The summed E-state index contributed by atoms with van der Waals surface area (Å²) in [5.74, 6) is 0.899. The van der Waals surface area contributed by atoms with Gasteiger partial charge < -0.3 is 20.1 Å². The molecule has 0 saturated heterocycles. The molecule has 2 heterocycles. The molecule has 0 aliphatic carbocycles. The fraction of sp³-hybridized carbons (Fsp3) is 0.367. The van der Waals surface area contributed by atoms with Crippen LogP contribution in [0, 0.1) is 12.8 Å². The van der Waals surface area contributed by atoms with Crippen LogP contribution in [0.5, 0.6) is 5.75 Å². The Kier molecular flexibility index (Phi) is 8.20. The van der Waals surface area contributed by atoms with Gasteiger partial charge in [0.15, 0.2) is 0 Å². The molecular formula is C30H36N4O4. The summed E-state index contributed by atoms with van der Waals surface area (Å²) in [5.41, 5.74) is 4.83. The lowest BCUT2D eigenvalue weighted by atomic mass is 9.93. The molecule has 2 amide bonds. The first-order valence-corrected chi connectivity index (χ1v) is 13.0. The number of hydrogen-bond donors (Lipinski definition) is 2. The molecule has 2 aromatic carbocycles. The highest BCUT2D eigenvalue weighted by Gasteiger charge is 2.35. The second-order valence-corrected chi connectivity index (χ2v) is 10.2. The van der Waals surface area contributed by atoms with E-state index in [2.05, 4.69) is 24.5 Å². The summed E-state index contributed by atoms with van der Waals surface area (Å²) in [4.78, 5) is 25.7. The SMILES string of the molecule is CC1=C(C(=O)OC(C)C)[C@H](c2cn(-c3ccccc3)nc2-c2ccc(OCCC(C)C)c(C)c2)NC(=O)N1. The molecule has 0 saturated carbocycles. The van der Waals surface area contributed by atoms with Gasteiger partial charge in [0, 0.05) is 23.0 Å². The van der Waals surface area contributed by atoms with Crippen molar-refractivity contribution in [3.05, 3.63) is 77.1 Å². The number of rotatable bonds is 9. The second-order valence-electron chi connectivity index (χ2n) is 10.2. The molecule has 0 radical (unpaired) electrons. The summed E-state index contributed by atoms with van der Waals surface area (Å²) in [6.45, 7) is 12.3. The molecule has 1 atom stereocenters. The van der Waals surface area contributed by atoms with Crippen molar-refractivity contribution in [1.29, 1.82) is 0 Å². The van der Waals surface area contributed by atoms with Crippen LogP contribution < -0.4 is 15.4 Å². The number of carbonyl (C=O) groups is 2. The normalized spacial score (nSPS) is 15.5. The van der Waals surface area contributed by atoms with Crippen molar-refractivity contribution in [3.63, 3.8) is 0 Å². The minimum absolute atomic E-state index is 0.307. The molecule has 1 aliphatic rings. The topological polar surface area (TPSA) is 94.5 Å². The van der Waals surface area contributed by atoms with E-state index in [1.54, 1.807) is 25.5 Å². The van der Waals surface area contributed by atoms with Gasteiger partial charge in [-0.05, 0) is 75.9 Å². The van der Waals surface area contributed by atoms with E-state index in [1.807, 2.05) is 61.7 Å². The van der Waals surface area contributed by atoms with E-state index in [4.69, 9.17) is 14.6 Å². The highest BCUT2D eigenvalue weighted by atomic mass is 16.5. The van der Waals surface area contributed by atoms with Crippen LogP contribution in [0.1, 0.15) is 58.2 Å². The van der Waals surface area contributed by atoms with Gasteiger partial charge >= 0.3 is 12.0 Å². The number of hydrogen-bond acceptors (Lipinski definition) is 5. The summed E-state index contributed by atoms with van der Waals surface area (Å²) in [6, 6.07) is 14.5. The molecule has 0 bridgehead atoms. The first-order chi connectivity index (χ1) is 18.1. The maximum atomic E-state index is 13.2. The Hall–Kier alpha value is -4.07. The minimum atomic E-state index is -0.746. The minimum Gasteiger partial charge on any atom is -0.493 e. The van der Waals surface area contributed by atoms with E-state index in [0.29, 0.717) is 35.1 Å². The average Bonchev–Trinajstić information content (AvgIpc) is 3.30. The number of allylic oxidation sites excluding steroid dienone is 1. The predicted octanol–water partition coefficient (Wildman–Crippen LogP) is 5.85.